The van der Waals surface area contributed by atoms with Gasteiger partial charge in [-0.15, -0.1) is 11.3 Å². The van der Waals surface area contributed by atoms with E-state index in [9.17, 15) is 10.1 Å². The number of ketones is 1. The fourth-order valence-corrected chi connectivity index (χ4v) is 2.75. The first kappa shape index (κ1) is 15.5. The van der Waals surface area contributed by atoms with Crippen LogP contribution in [0.4, 0.5) is 0 Å². The minimum atomic E-state index is -0.301. The number of para-hydroxylation sites is 1. The Morgan fingerprint density at radius 2 is 2.09 bits per heavy atom. The summed E-state index contributed by atoms with van der Waals surface area (Å²) in [6, 6.07) is 12.7. The first-order valence-corrected chi connectivity index (χ1v) is 7.34. The number of hydrogen-bond acceptors (Lipinski definition) is 5. The highest BCUT2D eigenvalue weighted by atomic mass is 32.1. The van der Waals surface area contributed by atoms with Crippen LogP contribution in [0.2, 0.25) is 0 Å². The van der Waals surface area contributed by atoms with Crippen molar-refractivity contribution in [2.45, 2.75) is 6.92 Å². The van der Waals surface area contributed by atoms with Gasteiger partial charge in [0.1, 0.15) is 23.5 Å². The third kappa shape index (κ3) is 3.41. The number of nitriles is 2. The van der Waals surface area contributed by atoms with Crippen LogP contribution in [0.5, 0.6) is 5.75 Å². The van der Waals surface area contributed by atoms with E-state index in [-0.39, 0.29) is 18.0 Å². The van der Waals surface area contributed by atoms with E-state index in [2.05, 4.69) is 0 Å². The molecule has 0 unspecified atom stereocenters. The number of rotatable bonds is 5. The lowest BCUT2D eigenvalue weighted by Crippen LogP contribution is -2.02. The zero-order chi connectivity index (χ0) is 15.9. The highest BCUT2D eigenvalue weighted by molar-refractivity contribution is 7.12. The van der Waals surface area contributed by atoms with Crippen LogP contribution in [0.15, 0.2) is 41.3 Å². The van der Waals surface area contributed by atoms with Crippen LogP contribution in [0.3, 0.4) is 0 Å². The van der Waals surface area contributed by atoms with Gasteiger partial charge >= 0.3 is 0 Å². The van der Waals surface area contributed by atoms with Gasteiger partial charge in [0, 0.05) is 5.56 Å². The first-order valence-electron chi connectivity index (χ1n) is 6.46. The number of hydrogen-bond donors (Lipinski definition) is 0. The minimum Gasteiger partial charge on any atom is -0.478 e. The van der Waals surface area contributed by atoms with Crippen LogP contribution in [-0.4, -0.2) is 12.4 Å². The van der Waals surface area contributed by atoms with E-state index >= 15 is 0 Å². The Kier molecular flexibility index (Phi) is 5.08. The largest absolute Gasteiger partial charge is 0.478 e. The van der Waals surface area contributed by atoms with Crippen molar-refractivity contribution in [1.29, 1.82) is 10.5 Å². The van der Waals surface area contributed by atoms with E-state index in [0.29, 0.717) is 16.2 Å². The molecule has 0 radical (unpaired) electrons. The molecule has 2 aromatic rings. The van der Waals surface area contributed by atoms with Crippen molar-refractivity contribution in [1.82, 2.24) is 0 Å². The average molecular weight is 308 g/mol. The Balaban J connectivity index is 2.38. The van der Waals surface area contributed by atoms with Gasteiger partial charge in [-0.2, -0.15) is 10.5 Å². The Hall–Kier alpha value is -2.89. The van der Waals surface area contributed by atoms with Crippen molar-refractivity contribution in [3.8, 4) is 17.9 Å². The maximum Gasteiger partial charge on any atom is 0.213 e. The van der Waals surface area contributed by atoms with Crippen molar-refractivity contribution < 1.29 is 9.53 Å². The summed E-state index contributed by atoms with van der Waals surface area (Å²) in [7, 11) is 0. The van der Waals surface area contributed by atoms with Crippen LogP contribution in [0.25, 0.3) is 6.08 Å². The molecule has 0 aliphatic heterocycles. The summed E-state index contributed by atoms with van der Waals surface area (Å²) in [5.74, 6) is 0.164. The predicted octanol–water partition coefficient (Wildman–Crippen LogP) is 3.75. The first-order chi connectivity index (χ1) is 10.7. The van der Waals surface area contributed by atoms with Gasteiger partial charge in [-0.25, -0.2) is 0 Å². The number of thiophene rings is 1. The van der Waals surface area contributed by atoms with E-state index < -0.39 is 0 Å². The smallest absolute Gasteiger partial charge is 0.213 e. The Morgan fingerprint density at radius 1 is 1.32 bits per heavy atom. The number of Topliss-reactive ketones (excluding diaryl/α,β-unsaturated/α-hetero) is 1. The molecule has 0 bridgehead atoms. The third-order valence-electron chi connectivity index (χ3n) is 2.94. The molecule has 5 heteroatoms. The standard InChI is InChI=1S/C17H12N2O2S/c1-12-6-9-22-17(12)16(20)14(11-19)10-13-4-2-3-5-15(13)21-8-7-18/h2-6,9-10H,8H2,1H3/b14-10+. The third-order valence-corrected chi connectivity index (χ3v) is 3.96. The quantitative estimate of drug-likeness (QED) is 0.479. The highest BCUT2D eigenvalue weighted by Gasteiger charge is 2.16. The van der Waals surface area contributed by atoms with Crippen LogP contribution in [0, 0.1) is 29.6 Å². The molecule has 0 N–H and O–H groups in total. The SMILES string of the molecule is Cc1ccsc1C(=O)/C(C#N)=C/c1ccccc1OCC#N. The number of carbonyl (C=O) groups is 1. The van der Waals surface area contributed by atoms with Crippen molar-refractivity contribution >= 4 is 23.2 Å². The molecular weight excluding hydrogens is 296 g/mol. The molecule has 0 aliphatic rings. The predicted molar refractivity (Wildman–Crippen MR) is 84.5 cm³/mol. The number of ether oxygens (including phenoxy) is 1. The van der Waals surface area contributed by atoms with Crippen molar-refractivity contribution in [3.63, 3.8) is 0 Å². The number of allylic oxidation sites excluding steroid dienone is 1. The van der Waals surface area contributed by atoms with Crippen molar-refractivity contribution in [3.05, 3.63) is 57.3 Å². The molecular formula is C17H12N2O2S. The zero-order valence-corrected chi connectivity index (χ0v) is 12.7. The molecule has 0 spiro atoms. The molecule has 1 aromatic heterocycles. The average Bonchev–Trinajstić information content (AvgIpc) is 2.97. The summed E-state index contributed by atoms with van der Waals surface area (Å²) in [6.45, 7) is 1.74. The summed E-state index contributed by atoms with van der Waals surface area (Å²) < 4.78 is 5.30. The van der Waals surface area contributed by atoms with Crippen molar-refractivity contribution in [2.75, 3.05) is 6.61 Å². The number of benzene rings is 1. The van der Waals surface area contributed by atoms with Crippen LogP contribution in [0.1, 0.15) is 20.8 Å². The summed E-state index contributed by atoms with van der Waals surface area (Å²) in [6.07, 6.45) is 1.49. The number of carbonyl (C=O) groups excluding carboxylic acids is 1. The van der Waals surface area contributed by atoms with Crippen molar-refractivity contribution in [2.24, 2.45) is 0 Å². The second-order valence-electron chi connectivity index (χ2n) is 4.42. The molecule has 0 fully saturated rings. The lowest BCUT2D eigenvalue weighted by molar-refractivity contribution is 0.104. The lowest BCUT2D eigenvalue weighted by Gasteiger charge is -2.06. The number of nitrogens with zero attached hydrogens (tertiary/aromatic N) is 2. The van der Waals surface area contributed by atoms with E-state index in [4.69, 9.17) is 10.00 Å². The van der Waals surface area contributed by atoms with Gasteiger partial charge in [-0.05, 0) is 36.1 Å². The van der Waals surface area contributed by atoms with Crippen LogP contribution >= 0.6 is 11.3 Å². The van der Waals surface area contributed by atoms with Crippen LogP contribution < -0.4 is 4.74 Å². The molecule has 0 atom stereocenters. The van der Waals surface area contributed by atoms with E-state index in [1.807, 2.05) is 30.5 Å². The van der Waals surface area contributed by atoms with E-state index in [0.717, 1.165) is 5.56 Å². The lowest BCUT2D eigenvalue weighted by atomic mass is 10.0. The van der Waals surface area contributed by atoms with Crippen LogP contribution in [-0.2, 0) is 0 Å². The van der Waals surface area contributed by atoms with Gasteiger partial charge in [0.15, 0.2) is 6.61 Å². The molecule has 2 rings (SSSR count). The second kappa shape index (κ2) is 7.21. The molecule has 0 saturated heterocycles. The molecule has 1 aromatic carbocycles. The van der Waals surface area contributed by atoms with Gasteiger partial charge in [0.05, 0.1) is 4.88 Å². The fraction of sp³-hybridized carbons (Fsp3) is 0.118. The maximum atomic E-state index is 12.4. The molecule has 0 saturated carbocycles. The van der Waals surface area contributed by atoms with E-state index in [1.165, 1.54) is 17.4 Å². The van der Waals surface area contributed by atoms with E-state index in [1.54, 1.807) is 24.3 Å². The molecule has 0 amide bonds. The summed E-state index contributed by atoms with van der Waals surface area (Å²) in [5.41, 5.74) is 1.49. The normalized spacial score (nSPS) is 10.6. The topological polar surface area (TPSA) is 73.9 Å². The zero-order valence-electron chi connectivity index (χ0n) is 11.9. The number of aryl methyl sites for hydroxylation is 1. The maximum absolute atomic E-state index is 12.4. The van der Waals surface area contributed by atoms with Gasteiger partial charge in [0.2, 0.25) is 5.78 Å². The summed E-state index contributed by atoms with van der Waals surface area (Å²) >= 11 is 1.31. The molecule has 22 heavy (non-hydrogen) atoms. The van der Waals surface area contributed by atoms with Gasteiger partial charge in [0.25, 0.3) is 0 Å². The Bertz CT molecular complexity index is 807. The van der Waals surface area contributed by atoms with Gasteiger partial charge in [-0.3, -0.25) is 4.79 Å². The second-order valence-corrected chi connectivity index (χ2v) is 5.33. The molecule has 1 heterocycles. The van der Waals surface area contributed by atoms with Gasteiger partial charge < -0.3 is 4.74 Å². The molecule has 108 valence electrons. The Labute approximate surface area is 132 Å². The molecule has 0 aliphatic carbocycles. The summed E-state index contributed by atoms with van der Waals surface area (Å²) in [4.78, 5) is 13.0. The summed E-state index contributed by atoms with van der Waals surface area (Å²) in [5, 5.41) is 19.7. The monoisotopic (exact) mass is 308 g/mol. The highest BCUT2D eigenvalue weighted by Crippen LogP contribution is 2.24. The minimum absolute atomic E-state index is 0.0403. The van der Waals surface area contributed by atoms with Gasteiger partial charge in [-0.1, -0.05) is 18.2 Å². The molecule has 4 nitrogen and oxygen atoms in total. The Morgan fingerprint density at radius 3 is 2.73 bits per heavy atom. The fourth-order valence-electron chi connectivity index (χ4n) is 1.87.